The van der Waals surface area contributed by atoms with Gasteiger partial charge in [0.15, 0.2) is 0 Å². The third kappa shape index (κ3) is 3.90. The molecule has 144 valence electrons. The van der Waals surface area contributed by atoms with Gasteiger partial charge in [-0.15, -0.1) is 0 Å². The molecule has 2 aromatic rings. The summed E-state index contributed by atoms with van der Waals surface area (Å²) in [4.78, 5) is 18.0. The van der Waals surface area contributed by atoms with Crippen LogP contribution in [-0.2, 0) is 4.79 Å². The summed E-state index contributed by atoms with van der Waals surface area (Å²) < 4.78 is 13.6. The van der Waals surface area contributed by atoms with Crippen LogP contribution in [-0.4, -0.2) is 42.0 Å². The molecule has 0 saturated heterocycles. The molecule has 0 spiro atoms. The monoisotopic (exact) mass is 370 g/mol. The smallest absolute Gasteiger partial charge is 0.256 e. The summed E-state index contributed by atoms with van der Waals surface area (Å²) in [5.74, 6) is -0.562. The SMILES string of the molecule is CCN(CC)CCNc1c(C)[nH]c(/C=C2\C(=O)Nc3ccc(F)cc32)c1C. The number of nitrogens with zero attached hydrogens (tertiary/aromatic N) is 1. The lowest BCUT2D eigenvalue weighted by atomic mass is 10.0. The number of hydrogen-bond acceptors (Lipinski definition) is 3. The summed E-state index contributed by atoms with van der Waals surface area (Å²) in [6.07, 6.45) is 1.80. The van der Waals surface area contributed by atoms with E-state index >= 15 is 0 Å². The van der Waals surface area contributed by atoms with Crippen LogP contribution in [0.3, 0.4) is 0 Å². The van der Waals surface area contributed by atoms with E-state index in [1.807, 2.05) is 13.8 Å². The Morgan fingerprint density at radius 1 is 1.22 bits per heavy atom. The molecule has 27 heavy (non-hydrogen) atoms. The van der Waals surface area contributed by atoms with Crippen LogP contribution in [0.5, 0.6) is 0 Å². The number of carbonyl (C=O) groups excluding carboxylic acids is 1. The molecule has 1 amide bonds. The number of rotatable bonds is 7. The van der Waals surface area contributed by atoms with E-state index in [9.17, 15) is 9.18 Å². The fraction of sp³-hybridized carbons (Fsp3) is 0.381. The molecule has 3 N–H and O–H groups in total. The van der Waals surface area contributed by atoms with Crippen LogP contribution >= 0.6 is 0 Å². The molecule has 0 radical (unpaired) electrons. The van der Waals surface area contributed by atoms with Crippen molar-refractivity contribution in [2.24, 2.45) is 0 Å². The van der Waals surface area contributed by atoms with Crippen LogP contribution in [0.2, 0.25) is 0 Å². The Bertz CT molecular complexity index is 881. The van der Waals surface area contributed by atoms with Gasteiger partial charge in [-0.3, -0.25) is 4.79 Å². The minimum Gasteiger partial charge on any atom is -0.382 e. The molecule has 3 rings (SSSR count). The zero-order valence-electron chi connectivity index (χ0n) is 16.4. The molecule has 0 fully saturated rings. The highest BCUT2D eigenvalue weighted by Gasteiger charge is 2.25. The molecule has 1 aliphatic heterocycles. The van der Waals surface area contributed by atoms with Crippen molar-refractivity contribution in [1.82, 2.24) is 9.88 Å². The van der Waals surface area contributed by atoms with Gasteiger partial charge in [-0.1, -0.05) is 13.8 Å². The van der Waals surface area contributed by atoms with E-state index < -0.39 is 0 Å². The first kappa shape index (κ1) is 19.2. The predicted octanol–water partition coefficient (Wildman–Crippen LogP) is 4.02. The van der Waals surface area contributed by atoms with Crippen molar-refractivity contribution >= 4 is 28.9 Å². The van der Waals surface area contributed by atoms with Gasteiger partial charge in [-0.05, 0) is 56.8 Å². The zero-order chi connectivity index (χ0) is 19.6. The average Bonchev–Trinajstić information content (AvgIpc) is 3.09. The molecule has 0 bridgehead atoms. The van der Waals surface area contributed by atoms with Crippen molar-refractivity contribution < 1.29 is 9.18 Å². The lowest BCUT2D eigenvalue weighted by molar-refractivity contribution is -0.110. The Morgan fingerprint density at radius 2 is 1.96 bits per heavy atom. The second kappa shape index (κ2) is 7.96. The molecule has 0 unspecified atom stereocenters. The third-order valence-corrected chi connectivity index (χ3v) is 5.15. The molecule has 1 aliphatic rings. The van der Waals surface area contributed by atoms with Crippen LogP contribution in [0.4, 0.5) is 15.8 Å². The van der Waals surface area contributed by atoms with Crippen LogP contribution in [0.15, 0.2) is 18.2 Å². The van der Waals surface area contributed by atoms with Gasteiger partial charge in [0.25, 0.3) is 5.91 Å². The number of benzene rings is 1. The number of amides is 1. The molecular weight excluding hydrogens is 343 g/mol. The number of aromatic nitrogens is 1. The maximum atomic E-state index is 13.6. The molecule has 2 heterocycles. The number of likely N-dealkylation sites (N-methyl/N-ethyl adjacent to an activating group) is 1. The second-order valence-corrected chi connectivity index (χ2v) is 6.82. The van der Waals surface area contributed by atoms with Crippen LogP contribution in [0.25, 0.3) is 11.6 Å². The molecule has 1 aromatic heterocycles. The quantitative estimate of drug-likeness (QED) is 0.645. The van der Waals surface area contributed by atoms with E-state index in [-0.39, 0.29) is 11.7 Å². The topological polar surface area (TPSA) is 60.2 Å². The number of hydrogen-bond donors (Lipinski definition) is 3. The Morgan fingerprint density at radius 3 is 2.67 bits per heavy atom. The van der Waals surface area contributed by atoms with Gasteiger partial charge in [0.05, 0.1) is 11.3 Å². The highest BCUT2D eigenvalue weighted by molar-refractivity contribution is 6.34. The molecule has 0 aliphatic carbocycles. The minimum absolute atomic E-state index is 0.210. The van der Waals surface area contributed by atoms with E-state index in [1.165, 1.54) is 12.1 Å². The summed E-state index contributed by atoms with van der Waals surface area (Å²) in [6, 6.07) is 4.34. The lowest BCUT2D eigenvalue weighted by Gasteiger charge is -2.18. The summed E-state index contributed by atoms with van der Waals surface area (Å²) in [5.41, 5.74) is 5.72. The molecule has 0 saturated carbocycles. The maximum absolute atomic E-state index is 13.6. The van der Waals surface area contributed by atoms with Crippen LogP contribution < -0.4 is 10.6 Å². The van der Waals surface area contributed by atoms with Gasteiger partial charge in [0.2, 0.25) is 0 Å². The lowest BCUT2D eigenvalue weighted by Crippen LogP contribution is -2.28. The van der Waals surface area contributed by atoms with Crippen LogP contribution in [0, 0.1) is 19.7 Å². The molecule has 0 atom stereocenters. The fourth-order valence-electron chi connectivity index (χ4n) is 3.51. The van der Waals surface area contributed by atoms with Gasteiger partial charge >= 0.3 is 0 Å². The predicted molar refractivity (Wildman–Crippen MR) is 109 cm³/mol. The van der Waals surface area contributed by atoms with E-state index in [2.05, 4.69) is 34.4 Å². The number of carbonyl (C=O) groups is 1. The van der Waals surface area contributed by atoms with Crippen molar-refractivity contribution in [2.75, 3.05) is 36.8 Å². The van der Waals surface area contributed by atoms with Gasteiger partial charge in [0.1, 0.15) is 5.82 Å². The number of anilines is 2. The normalized spacial score (nSPS) is 14.7. The highest BCUT2D eigenvalue weighted by Crippen LogP contribution is 2.35. The van der Waals surface area contributed by atoms with Crippen molar-refractivity contribution in [3.63, 3.8) is 0 Å². The van der Waals surface area contributed by atoms with Gasteiger partial charge < -0.3 is 20.5 Å². The van der Waals surface area contributed by atoms with E-state index in [0.29, 0.717) is 16.8 Å². The number of H-pyrrole nitrogens is 1. The largest absolute Gasteiger partial charge is 0.382 e. The summed E-state index contributed by atoms with van der Waals surface area (Å²) in [6.45, 7) is 12.2. The third-order valence-electron chi connectivity index (χ3n) is 5.15. The Labute approximate surface area is 159 Å². The zero-order valence-corrected chi connectivity index (χ0v) is 16.4. The van der Waals surface area contributed by atoms with Gasteiger partial charge in [-0.2, -0.15) is 0 Å². The molecule has 1 aromatic carbocycles. The van der Waals surface area contributed by atoms with E-state index in [1.54, 1.807) is 12.1 Å². The fourth-order valence-corrected chi connectivity index (χ4v) is 3.51. The van der Waals surface area contributed by atoms with Crippen LogP contribution in [0.1, 0.15) is 36.4 Å². The summed E-state index contributed by atoms with van der Waals surface area (Å²) in [5, 5.41) is 6.29. The van der Waals surface area contributed by atoms with Crippen molar-refractivity contribution in [3.8, 4) is 0 Å². The summed E-state index contributed by atoms with van der Waals surface area (Å²) in [7, 11) is 0. The second-order valence-electron chi connectivity index (χ2n) is 6.82. The first-order valence-electron chi connectivity index (χ1n) is 9.42. The Hall–Kier alpha value is -2.60. The molecule has 6 heteroatoms. The highest BCUT2D eigenvalue weighted by atomic mass is 19.1. The number of aromatic amines is 1. The molecular formula is C21H27FN4O. The molecule has 5 nitrogen and oxygen atoms in total. The van der Waals surface area contributed by atoms with E-state index in [0.717, 1.165) is 48.8 Å². The summed E-state index contributed by atoms with van der Waals surface area (Å²) >= 11 is 0. The van der Waals surface area contributed by atoms with E-state index in [4.69, 9.17) is 0 Å². The minimum atomic E-state index is -0.353. The first-order valence-corrected chi connectivity index (χ1v) is 9.42. The number of nitrogens with one attached hydrogen (secondary N) is 3. The average molecular weight is 370 g/mol. The van der Waals surface area contributed by atoms with Crippen molar-refractivity contribution in [1.29, 1.82) is 0 Å². The Balaban J connectivity index is 1.84. The standard InChI is InChI=1S/C21H27FN4O/c1-5-26(6-2)10-9-23-20-13(3)19(24-14(20)4)12-17-16-11-15(22)7-8-18(16)25-21(17)27/h7-8,11-12,23-24H,5-6,9-10H2,1-4H3,(H,25,27)/b17-12-. The van der Waals surface area contributed by atoms with Crippen molar-refractivity contribution in [3.05, 3.63) is 46.5 Å². The van der Waals surface area contributed by atoms with Gasteiger partial charge in [0, 0.05) is 35.7 Å². The number of fused-ring (bicyclic) bond motifs is 1. The maximum Gasteiger partial charge on any atom is 0.256 e. The first-order chi connectivity index (χ1) is 12.9. The Kier molecular flexibility index (Phi) is 5.65. The number of halogens is 1. The van der Waals surface area contributed by atoms with Crippen molar-refractivity contribution in [2.45, 2.75) is 27.7 Å². The van der Waals surface area contributed by atoms with Gasteiger partial charge in [-0.25, -0.2) is 4.39 Å². The number of aryl methyl sites for hydroxylation is 1.